The van der Waals surface area contributed by atoms with Gasteiger partial charge in [0.2, 0.25) is 11.6 Å². The standard InChI is InChI=1S/C18H21N5O4/c24-18(25)12-7-9-14(10-8-12)22-17-15(23(26)27)16(19-11-20-17)21-13-5-3-1-2-4-6-13/h7-11,13H,1-6H2,(H,24,25)(H2,19,20,21,22). The largest absolute Gasteiger partial charge is 0.478 e. The summed E-state index contributed by atoms with van der Waals surface area (Å²) < 4.78 is 0. The van der Waals surface area contributed by atoms with E-state index in [9.17, 15) is 14.9 Å². The fraction of sp³-hybridized carbons (Fsp3) is 0.389. The van der Waals surface area contributed by atoms with Crippen molar-refractivity contribution < 1.29 is 14.8 Å². The highest BCUT2D eigenvalue weighted by atomic mass is 16.6. The smallest absolute Gasteiger partial charge is 0.353 e. The van der Waals surface area contributed by atoms with Gasteiger partial charge in [0.1, 0.15) is 6.33 Å². The SMILES string of the molecule is O=C(O)c1ccc(Nc2ncnc(NC3CCCCCC3)c2[N+](=O)[O-])cc1. The number of hydrogen-bond acceptors (Lipinski definition) is 7. The molecule has 0 atom stereocenters. The van der Waals surface area contributed by atoms with Gasteiger partial charge in [-0.25, -0.2) is 14.8 Å². The van der Waals surface area contributed by atoms with Gasteiger partial charge in [-0.1, -0.05) is 25.7 Å². The van der Waals surface area contributed by atoms with Gasteiger partial charge in [0, 0.05) is 11.7 Å². The molecule has 1 aromatic carbocycles. The zero-order chi connectivity index (χ0) is 19.2. The molecule has 3 rings (SSSR count). The summed E-state index contributed by atoms with van der Waals surface area (Å²) in [4.78, 5) is 30.2. The first-order valence-corrected chi connectivity index (χ1v) is 8.91. The van der Waals surface area contributed by atoms with Gasteiger partial charge in [0.25, 0.3) is 0 Å². The lowest BCUT2D eigenvalue weighted by Gasteiger charge is -2.17. The minimum absolute atomic E-state index is 0.0641. The lowest BCUT2D eigenvalue weighted by molar-refractivity contribution is -0.383. The fourth-order valence-electron chi connectivity index (χ4n) is 3.20. The topological polar surface area (TPSA) is 130 Å². The monoisotopic (exact) mass is 371 g/mol. The number of nitrogens with one attached hydrogen (secondary N) is 2. The number of anilines is 3. The van der Waals surface area contributed by atoms with Gasteiger partial charge in [-0.15, -0.1) is 0 Å². The van der Waals surface area contributed by atoms with Crippen LogP contribution in [0.4, 0.5) is 23.0 Å². The van der Waals surface area contributed by atoms with Crippen LogP contribution >= 0.6 is 0 Å². The lowest BCUT2D eigenvalue weighted by atomic mass is 10.1. The Kier molecular flexibility index (Phi) is 5.80. The van der Waals surface area contributed by atoms with E-state index in [1.54, 1.807) is 0 Å². The number of nitro groups is 1. The summed E-state index contributed by atoms with van der Waals surface area (Å²) in [6, 6.07) is 6.07. The molecule has 142 valence electrons. The number of rotatable bonds is 6. The third kappa shape index (κ3) is 4.69. The minimum atomic E-state index is -1.04. The quantitative estimate of drug-likeness (QED) is 0.395. The Morgan fingerprint density at radius 3 is 2.30 bits per heavy atom. The molecular weight excluding hydrogens is 350 g/mol. The first kappa shape index (κ1) is 18.6. The maximum Gasteiger partial charge on any atom is 0.353 e. The highest BCUT2D eigenvalue weighted by Crippen LogP contribution is 2.32. The van der Waals surface area contributed by atoms with Crippen molar-refractivity contribution in [2.24, 2.45) is 0 Å². The molecule has 9 heteroatoms. The Hall–Kier alpha value is -3.23. The molecule has 1 saturated carbocycles. The van der Waals surface area contributed by atoms with Gasteiger partial charge in [-0.3, -0.25) is 10.1 Å². The molecule has 1 aliphatic carbocycles. The first-order chi connectivity index (χ1) is 13.0. The van der Waals surface area contributed by atoms with E-state index in [1.807, 2.05) is 0 Å². The maximum atomic E-state index is 11.7. The molecule has 0 saturated heterocycles. The van der Waals surface area contributed by atoms with Crippen LogP contribution in [0, 0.1) is 10.1 Å². The molecule has 0 bridgehead atoms. The van der Waals surface area contributed by atoms with Crippen LogP contribution in [0.25, 0.3) is 0 Å². The van der Waals surface area contributed by atoms with Crippen molar-refractivity contribution in [3.05, 3.63) is 46.3 Å². The van der Waals surface area contributed by atoms with Crippen molar-refractivity contribution >= 4 is 29.0 Å². The highest BCUT2D eigenvalue weighted by Gasteiger charge is 2.25. The van der Waals surface area contributed by atoms with Gasteiger partial charge < -0.3 is 15.7 Å². The summed E-state index contributed by atoms with van der Waals surface area (Å²) in [6.07, 6.45) is 7.75. The second-order valence-electron chi connectivity index (χ2n) is 6.52. The number of aromatic nitrogens is 2. The summed E-state index contributed by atoms with van der Waals surface area (Å²) in [5.41, 5.74) is 0.416. The van der Waals surface area contributed by atoms with E-state index in [4.69, 9.17) is 5.11 Å². The Balaban J connectivity index is 1.84. The van der Waals surface area contributed by atoms with Crippen LogP contribution in [0.2, 0.25) is 0 Å². The highest BCUT2D eigenvalue weighted by molar-refractivity contribution is 5.88. The van der Waals surface area contributed by atoms with Gasteiger partial charge >= 0.3 is 11.7 Å². The maximum absolute atomic E-state index is 11.7. The molecule has 0 aliphatic heterocycles. The van der Waals surface area contributed by atoms with Crippen LogP contribution in [-0.2, 0) is 0 Å². The van der Waals surface area contributed by atoms with Crippen LogP contribution in [0.1, 0.15) is 48.9 Å². The number of carboxylic acid groups (broad SMARTS) is 1. The first-order valence-electron chi connectivity index (χ1n) is 8.91. The molecule has 27 heavy (non-hydrogen) atoms. The van der Waals surface area contributed by atoms with Crippen LogP contribution in [0.3, 0.4) is 0 Å². The van der Waals surface area contributed by atoms with Crippen molar-refractivity contribution in [3.63, 3.8) is 0 Å². The van der Waals surface area contributed by atoms with E-state index in [2.05, 4.69) is 20.6 Å². The zero-order valence-corrected chi connectivity index (χ0v) is 14.7. The van der Waals surface area contributed by atoms with E-state index in [0.717, 1.165) is 25.7 Å². The van der Waals surface area contributed by atoms with Crippen LogP contribution in [-0.4, -0.2) is 32.0 Å². The molecule has 1 fully saturated rings. The zero-order valence-electron chi connectivity index (χ0n) is 14.7. The molecular formula is C18H21N5O4. The van der Waals surface area contributed by atoms with E-state index >= 15 is 0 Å². The molecule has 0 unspecified atom stereocenters. The molecule has 2 aromatic rings. The van der Waals surface area contributed by atoms with E-state index < -0.39 is 10.9 Å². The number of hydrogen-bond donors (Lipinski definition) is 3. The van der Waals surface area contributed by atoms with E-state index in [0.29, 0.717) is 5.69 Å². The normalized spacial score (nSPS) is 15.0. The molecule has 1 aromatic heterocycles. The molecule has 9 nitrogen and oxygen atoms in total. The number of carbonyl (C=O) groups is 1. The Morgan fingerprint density at radius 1 is 1.07 bits per heavy atom. The summed E-state index contributed by atoms with van der Waals surface area (Å²) in [7, 11) is 0. The van der Waals surface area contributed by atoms with Crippen LogP contribution < -0.4 is 10.6 Å². The molecule has 1 heterocycles. The van der Waals surface area contributed by atoms with Gasteiger partial charge in [-0.05, 0) is 37.1 Å². The molecule has 0 spiro atoms. The molecule has 0 radical (unpaired) electrons. The number of aromatic carboxylic acids is 1. The van der Waals surface area contributed by atoms with Crippen molar-refractivity contribution in [1.29, 1.82) is 0 Å². The number of benzene rings is 1. The Labute approximate surface area is 156 Å². The van der Waals surface area contributed by atoms with Crippen molar-refractivity contribution in [2.45, 2.75) is 44.6 Å². The summed E-state index contributed by atoms with van der Waals surface area (Å²) >= 11 is 0. The average Bonchev–Trinajstić information content (AvgIpc) is 2.91. The van der Waals surface area contributed by atoms with Crippen molar-refractivity contribution in [3.8, 4) is 0 Å². The lowest BCUT2D eigenvalue weighted by Crippen LogP contribution is -2.20. The van der Waals surface area contributed by atoms with Crippen molar-refractivity contribution in [2.75, 3.05) is 10.6 Å². The van der Waals surface area contributed by atoms with Gasteiger partial charge in [-0.2, -0.15) is 0 Å². The predicted octanol–water partition coefficient (Wildman–Crippen LogP) is 3.96. The fourth-order valence-corrected chi connectivity index (χ4v) is 3.20. The Bertz CT molecular complexity index is 817. The second-order valence-corrected chi connectivity index (χ2v) is 6.52. The molecule has 1 aliphatic rings. The van der Waals surface area contributed by atoms with E-state index in [-0.39, 0.29) is 28.9 Å². The third-order valence-corrected chi connectivity index (χ3v) is 4.60. The Morgan fingerprint density at radius 2 is 1.70 bits per heavy atom. The van der Waals surface area contributed by atoms with Crippen LogP contribution in [0.15, 0.2) is 30.6 Å². The van der Waals surface area contributed by atoms with Gasteiger partial charge in [0.05, 0.1) is 10.5 Å². The summed E-state index contributed by atoms with van der Waals surface area (Å²) in [5.74, 6) is -0.773. The number of nitrogens with zero attached hydrogens (tertiary/aromatic N) is 3. The molecule has 3 N–H and O–H groups in total. The van der Waals surface area contributed by atoms with Crippen molar-refractivity contribution in [1.82, 2.24) is 9.97 Å². The predicted molar refractivity (Wildman–Crippen MR) is 100 cm³/mol. The third-order valence-electron chi connectivity index (χ3n) is 4.60. The van der Waals surface area contributed by atoms with Crippen LogP contribution in [0.5, 0.6) is 0 Å². The summed E-state index contributed by atoms with van der Waals surface area (Å²) in [5, 5.41) is 26.7. The summed E-state index contributed by atoms with van der Waals surface area (Å²) in [6.45, 7) is 0. The second kappa shape index (κ2) is 8.43. The number of carboxylic acids is 1. The average molecular weight is 371 g/mol. The van der Waals surface area contributed by atoms with E-state index in [1.165, 1.54) is 43.4 Å². The minimum Gasteiger partial charge on any atom is -0.478 e. The van der Waals surface area contributed by atoms with Gasteiger partial charge in [0.15, 0.2) is 0 Å². The molecule has 0 amide bonds.